The first-order valence-electron chi connectivity index (χ1n) is 12.7. The SMILES string of the molecule is C1=C(c2nc3c(-c4cccs4)cncc3[nH]2)c2cc(-c3cncc(CN4CCCCC4)c3)ccc2NN1. The van der Waals surface area contributed by atoms with E-state index in [9.17, 15) is 0 Å². The number of aromatic nitrogens is 4. The summed E-state index contributed by atoms with van der Waals surface area (Å²) in [4.78, 5) is 21.3. The molecule has 1 aromatic carbocycles. The first kappa shape index (κ1) is 22.2. The van der Waals surface area contributed by atoms with Crippen LogP contribution in [-0.2, 0) is 6.54 Å². The smallest absolute Gasteiger partial charge is 0.140 e. The molecular formula is C29H27N7S. The molecule has 7 nitrogen and oxygen atoms in total. The second kappa shape index (κ2) is 9.46. The fourth-order valence-electron chi connectivity index (χ4n) is 5.30. The molecule has 7 rings (SSSR count). The van der Waals surface area contributed by atoms with Crippen molar-refractivity contribution in [1.29, 1.82) is 0 Å². The van der Waals surface area contributed by atoms with Gasteiger partial charge in [-0.05, 0) is 66.7 Å². The van der Waals surface area contributed by atoms with Crippen LogP contribution in [0.3, 0.4) is 0 Å². The van der Waals surface area contributed by atoms with E-state index in [0.717, 1.165) is 61.8 Å². The molecule has 0 bridgehead atoms. The van der Waals surface area contributed by atoms with Gasteiger partial charge in [0.1, 0.15) is 11.3 Å². The number of hydrogen-bond donors (Lipinski definition) is 3. The summed E-state index contributed by atoms with van der Waals surface area (Å²) in [7, 11) is 0. The van der Waals surface area contributed by atoms with Gasteiger partial charge in [0, 0.05) is 58.5 Å². The molecule has 0 radical (unpaired) electrons. The van der Waals surface area contributed by atoms with Crippen molar-refractivity contribution in [2.24, 2.45) is 0 Å². The van der Waals surface area contributed by atoms with Gasteiger partial charge in [0.05, 0.1) is 17.4 Å². The van der Waals surface area contributed by atoms with Gasteiger partial charge in [0.2, 0.25) is 0 Å². The van der Waals surface area contributed by atoms with Gasteiger partial charge in [-0.15, -0.1) is 11.3 Å². The molecule has 2 aliphatic heterocycles. The molecule has 0 aliphatic carbocycles. The standard InChI is InChI=1S/C29H27N7S/c1-2-8-36(9-3-1)18-19-11-21(14-30-13-19)20-6-7-25-22(12-20)23(16-32-35-25)29-33-26-17-31-15-24(28(26)34-29)27-5-4-10-37-27/h4-7,10-17,32,35H,1-3,8-9,18H2,(H,33,34). The van der Waals surface area contributed by atoms with Gasteiger partial charge in [-0.1, -0.05) is 18.6 Å². The summed E-state index contributed by atoms with van der Waals surface area (Å²) in [5.74, 6) is 0.810. The molecule has 6 heterocycles. The number of likely N-dealkylation sites (tertiary alicyclic amines) is 1. The predicted octanol–water partition coefficient (Wildman–Crippen LogP) is 6.05. The first-order valence-corrected chi connectivity index (χ1v) is 13.6. The van der Waals surface area contributed by atoms with E-state index in [4.69, 9.17) is 4.98 Å². The average molecular weight is 506 g/mol. The normalized spacial score (nSPS) is 15.6. The van der Waals surface area contributed by atoms with Crippen LogP contribution >= 0.6 is 11.3 Å². The maximum atomic E-state index is 5.03. The maximum absolute atomic E-state index is 5.03. The van der Waals surface area contributed by atoms with Gasteiger partial charge in [-0.3, -0.25) is 14.9 Å². The Kier molecular flexibility index (Phi) is 5.68. The molecule has 184 valence electrons. The lowest BCUT2D eigenvalue weighted by atomic mass is 9.97. The third-order valence-electron chi connectivity index (χ3n) is 7.15. The zero-order chi connectivity index (χ0) is 24.6. The highest BCUT2D eigenvalue weighted by atomic mass is 32.1. The van der Waals surface area contributed by atoms with Crippen LogP contribution in [0.15, 0.2) is 72.8 Å². The Hall–Kier alpha value is -4.01. The quantitative estimate of drug-likeness (QED) is 0.270. The minimum Gasteiger partial charge on any atom is -0.337 e. The summed E-state index contributed by atoms with van der Waals surface area (Å²) in [6.07, 6.45) is 13.6. The number of nitrogens with zero attached hydrogens (tertiary/aromatic N) is 4. The van der Waals surface area contributed by atoms with Gasteiger partial charge in [-0.2, -0.15) is 0 Å². The summed E-state index contributed by atoms with van der Waals surface area (Å²) in [5, 5.41) is 2.08. The lowest BCUT2D eigenvalue weighted by Gasteiger charge is -2.26. The van der Waals surface area contributed by atoms with Crippen LogP contribution in [0.5, 0.6) is 0 Å². The van der Waals surface area contributed by atoms with E-state index in [2.05, 4.69) is 72.5 Å². The Morgan fingerprint density at radius 2 is 1.81 bits per heavy atom. The third kappa shape index (κ3) is 4.28. The van der Waals surface area contributed by atoms with Gasteiger partial charge < -0.3 is 15.8 Å². The number of H-pyrrole nitrogens is 1. The number of pyridine rings is 2. The number of thiophene rings is 1. The highest BCUT2D eigenvalue weighted by Gasteiger charge is 2.20. The second-order valence-corrected chi connectivity index (χ2v) is 10.6. The van der Waals surface area contributed by atoms with E-state index in [-0.39, 0.29) is 0 Å². The molecule has 4 aromatic heterocycles. The van der Waals surface area contributed by atoms with Crippen LogP contribution in [0.1, 0.15) is 36.2 Å². The predicted molar refractivity (Wildman–Crippen MR) is 150 cm³/mol. The number of aromatic amines is 1. The fourth-order valence-corrected chi connectivity index (χ4v) is 6.03. The summed E-state index contributed by atoms with van der Waals surface area (Å²) >= 11 is 1.70. The molecule has 0 amide bonds. The van der Waals surface area contributed by atoms with Gasteiger partial charge >= 0.3 is 0 Å². The number of hydrogen-bond acceptors (Lipinski definition) is 7. The number of anilines is 1. The molecule has 0 atom stereocenters. The van der Waals surface area contributed by atoms with Crippen LogP contribution in [0.25, 0.3) is 38.2 Å². The summed E-state index contributed by atoms with van der Waals surface area (Å²) in [6, 6.07) is 12.9. The Labute approximate surface area is 219 Å². The van der Waals surface area contributed by atoms with Crippen molar-refractivity contribution >= 4 is 33.6 Å². The van der Waals surface area contributed by atoms with Crippen LogP contribution < -0.4 is 10.9 Å². The van der Waals surface area contributed by atoms with E-state index in [1.54, 1.807) is 11.3 Å². The van der Waals surface area contributed by atoms with Gasteiger partial charge in [0.15, 0.2) is 0 Å². The number of imidazole rings is 1. The number of rotatable bonds is 5. The fraction of sp³-hybridized carbons (Fsp3) is 0.207. The van der Waals surface area contributed by atoms with Crippen molar-refractivity contribution in [3.05, 3.63) is 89.7 Å². The molecule has 8 heteroatoms. The molecular weight excluding hydrogens is 478 g/mol. The van der Waals surface area contributed by atoms with Crippen molar-refractivity contribution in [3.8, 4) is 21.6 Å². The number of fused-ring (bicyclic) bond motifs is 2. The lowest BCUT2D eigenvalue weighted by Crippen LogP contribution is -2.29. The molecule has 2 aliphatic rings. The van der Waals surface area contributed by atoms with E-state index in [1.165, 1.54) is 37.9 Å². The topological polar surface area (TPSA) is 81.8 Å². The van der Waals surface area contributed by atoms with Crippen LogP contribution in [-0.4, -0.2) is 37.9 Å². The zero-order valence-corrected chi connectivity index (χ0v) is 21.2. The van der Waals surface area contributed by atoms with Crippen LogP contribution in [0, 0.1) is 0 Å². The number of hydrazine groups is 1. The number of benzene rings is 1. The van der Waals surface area contributed by atoms with Crippen molar-refractivity contribution in [3.63, 3.8) is 0 Å². The van der Waals surface area contributed by atoms with E-state index in [0.29, 0.717) is 0 Å². The van der Waals surface area contributed by atoms with E-state index < -0.39 is 0 Å². The van der Waals surface area contributed by atoms with E-state index >= 15 is 0 Å². The monoisotopic (exact) mass is 505 g/mol. The molecule has 0 spiro atoms. The van der Waals surface area contributed by atoms with Crippen molar-refractivity contribution in [1.82, 2.24) is 30.3 Å². The molecule has 1 fully saturated rings. The number of nitrogens with one attached hydrogen (secondary N) is 3. The minimum atomic E-state index is 0.810. The van der Waals surface area contributed by atoms with Crippen molar-refractivity contribution in [2.75, 3.05) is 18.5 Å². The maximum Gasteiger partial charge on any atom is 0.140 e. The van der Waals surface area contributed by atoms with Crippen molar-refractivity contribution in [2.45, 2.75) is 25.8 Å². The zero-order valence-electron chi connectivity index (χ0n) is 20.4. The van der Waals surface area contributed by atoms with Crippen LogP contribution in [0.2, 0.25) is 0 Å². The van der Waals surface area contributed by atoms with Crippen molar-refractivity contribution < 1.29 is 0 Å². The molecule has 5 aromatic rings. The molecule has 3 N–H and O–H groups in total. The Balaban J connectivity index is 1.24. The molecule has 37 heavy (non-hydrogen) atoms. The van der Waals surface area contributed by atoms with Gasteiger partial charge in [-0.25, -0.2) is 4.98 Å². The minimum absolute atomic E-state index is 0.810. The average Bonchev–Trinajstić information content (AvgIpc) is 3.64. The first-order chi connectivity index (χ1) is 18.3. The second-order valence-electron chi connectivity index (χ2n) is 9.65. The molecule has 0 unspecified atom stereocenters. The largest absolute Gasteiger partial charge is 0.337 e. The summed E-state index contributed by atoms with van der Waals surface area (Å²) in [5.41, 5.74) is 16.0. The highest BCUT2D eigenvalue weighted by molar-refractivity contribution is 7.13. The molecule has 0 saturated carbocycles. The van der Waals surface area contributed by atoms with Crippen LogP contribution in [0.4, 0.5) is 5.69 Å². The highest BCUT2D eigenvalue weighted by Crippen LogP contribution is 2.36. The van der Waals surface area contributed by atoms with Gasteiger partial charge in [0.25, 0.3) is 0 Å². The number of piperidine rings is 1. The lowest BCUT2D eigenvalue weighted by molar-refractivity contribution is 0.220. The summed E-state index contributed by atoms with van der Waals surface area (Å²) < 4.78 is 0. The van der Waals surface area contributed by atoms with E-state index in [1.807, 2.05) is 31.0 Å². The summed E-state index contributed by atoms with van der Waals surface area (Å²) in [6.45, 7) is 3.32. The Morgan fingerprint density at radius 1 is 0.892 bits per heavy atom. The Bertz CT molecular complexity index is 1600. The third-order valence-corrected chi connectivity index (χ3v) is 8.06. The molecule has 1 saturated heterocycles. The Morgan fingerprint density at radius 3 is 2.70 bits per heavy atom.